The van der Waals surface area contributed by atoms with Crippen molar-refractivity contribution < 1.29 is 4.74 Å². The molecule has 1 aromatic rings. The van der Waals surface area contributed by atoms with Gasteiger partial charge in [0.15, 0.2) is 0 Å². The summed E-state index contributed by atoms with van der Waals surface area (Å²) < 4.78 is 5.09. The summed E-state index contributed by atoms with van der Waals surface area (Å²) in [7, 11) is 3.76. The van der Waals surface area contributed by atoms with Crippen LogP contribution in [-0.2, 0) is 11.3 Å². The van der Waals surface area contributed by atoms with Crippen molar-refractivity contribution in [2.75, 3.05) is 45.3 Å². The van der Waals surface area contributed by atoms with E-state index in [4.69, 9.17) is 10.5 Å². The van der Waals surface area contributed by atoms with Gasteiger partial charge in [-0.05, 0) is 31.0 Å². The fourth-order valence-electron chi connectivity index (χ4n) is 2.85. The number of rotatable bonds is 7. The molecule has 2 heterocycles. The lowest BCUT2D eigenvalue weighted by atomic mass is 10.0. The Hall–Kier alpha value is -0.880. The van der Waals surface area contributed by atoms with E-state index in [9.17, 15) is 0 Å². The van der Waals surface area contributed by atoms with Gasteiger partial charge < -0.3 is 15.4 Å². The van der Waals surface area contributed by atoms with Crippen molar-refractivity contribution >= 4 is 18.2 Å². The minimum absolute atomic E-state index is 0. The second-order valence-electron chi connectivity index (χ2n) is 5.79. The van der Waals surface area contributed by atoms with Crippen molar-refractivity contribution in [3.05, 3.63) is 23.9 Å². The molecule has 1 aromatic heterocycles. The quantitative estimate of drug-likeness (QED) is 0.828. The summed E-state index contributed by atoms with van der Waals surface area (Å²) in [6, 6.07) is 4.79. The molecule has 1 atom stereocenters. The number of piperidine rings is 1. The molecule has 2 N–H and O–H groups in total. The standard InChI is InChI=1S/C16H28N4O.ClH/c1-19(9-10-21-2)16-7-6-14(12-18-16)13-20-8-4-3-5-15(20)11-17;/h6-7,12,15H,3-5,8-11,13,17H2,1-2H3;1H. The zero-order chi connectivity index (χ0) is 15.1. The Morgan fingerprint density at radius 1 is 1.41 bits per heavy atom. The molecule has 0 spiro atoms. The van der Waals surface area contributed by atoms with Crippen molar-refractivity contribution in [3.63, 3.8) is 0 Å². The number of likely N-dealkylation sites (N-methyl/N-ethyl adjacent to an activating group) is 1. The molecule has 1 aliphatic rings. The van der Waals surface area contributed by atoms with E-state index in [1.165, 1.54) is 24.8 Å². The SMILES string of the molecule is COCCN(C)c1ccc(CN2CCCCC2CN)cn1.Cl. The zero-order valence-electron chi connectivity index (χ0n) is 13.7. The van der Waals surface area contributed by atoms with E-state index < -0.39 is 0 Å². The number of halogens is 1. The summed E-state index contributed by atoms with van der Waals surface area (Å²) in [6.07, 6.45) is 5.80. The van der Waals surface area contributed by atoms with Crippen LogP contribution in [0.5, 0.6) is 0 Å². The molecule has 0 amide bonds. The van der Waals surface area contributed by atoms with E-state index in [2.05, 4.69) is 26.9 Å². The molecule has 0 saturated carbocycles. The maximum Gasteiger partial charge on any atom is 0.128 e. The lowest BCUT2D eigenvalue weighted by molar-refractivity contribution is 0.145. The Bertz CT molecular complexity index is 415. The van der Waals surface area contributed by atoms with Crippen molar-refractivity contribution in [3.8, 4) is 0 Å². The molecular formula is C16H29ClN4O. The molecule has 1 aliphatic heterocycles. The number of ether oxygens (including phenoxy) is 1. The molecular weight excluding hydrogens is 300 g/mol. The van der Waals surface area contributed by atoms with Gasteiger partial charge >= 0.3 is 0 Å². The monoisotopic (exact) mass is 328 g/mol. The van der Waals surface area contributed by atoms with Gasteiger partial charge in [0.25, 0.3) is 0 Å². The normalized spacial score (nSPS) is 18.8. The van der Waals surface area contributed by atoms with Crippen molar-refractivity contribution in [2.45, 2.75) is 31.8 Å². The number of aromatic nitrogens is 1. The molecule has 0 aliphatic carbocycles. The van der Waals surface area contributed by atoms with Crippen LogP contribution in [0.15, 0.2) is 18.3 Å². The van der Waals surface area contributed by atoms with Crippen LogP contribution in [0.2, 0.25) is 0 Å². The highest BCUT2D eigenvalue weighted by Crippen LogP contribution is 2.19. The molecule has 1 saturated heterocycles. The molecule has 0 radical (unpaired) electrons. The van der Waals surface area contributed by atoms with Gasteiger partial charge in [-0.2, -0.15) is 0 Å². The molecule has 1 unspecified atom stereocenters. The Morgan fingerprint density at radius 2 is 2.23 bits per heavy atom. The van der Waals surface area contributed by atoms with Crippen LogP contribution in [0.4, 0.5) is 5.82 Å². The Morgan fingerprint density at radius 3 is 2.86 bits per heavy atom. The highest BCUT2D eigenvalue weighted by molar-refractivity contribution is 5.85. The third-order valence-electron chi connectivity index (χ3n) is 4.24. The van der Waals surface area contributed by atoms with Gasteiger partial charge in [0.1, 0.15) is 5.82 Å². The summed E-state index contributed by atoms with van der Waals surface area (Å²) in [5.41, 5.74) is 7.15. The Balaban J connectivity index is 0.00000242. The third kappa shape index (κ3) is 5.39. The summed E-state index contributed by atoms with van der Waals surface area (Å²) in [6.45, 7) is 4.43. The molecule has 1 fully saturated rings. The summed E-state index contributed by atoms with van der Waals surface area (Å²) in [5, 5.41) is 0. The largest absolute Gasteiger partial charge is 0.383 e. The molecule has 5 nitrogen and oxygen atoms in total. The number of nitrogens with two attached hydrogens (primary N) is 1. The second-order valence-corrected chi connectivity index (χ2v) is 5.79. The van der Waals surface area contributed by atoms with Crippen LogP contribution >= 0.6 is 12.4 Å². The smallest absolute Gasteiger partial charge is 0.128 e. The predicted molar refractivity (Wildman–Crippen MR) is 93.7 cm³/mol. The maximum atomic E-state index is 5.88. The highest BCUT2D eigenvalue weighted by atomic mass is 35.5. The van der Waals surface area contributed by atoms with E-state index in [1.807, 2.05) is 13.2 Å². The average Bonchev–Trinajstić information content (AvgIpc) is 2.54. The topological polar surface area (TPSA) is 54.6 Å². The van der Waals surface area contributed by atoms with E-state index in [1.54, 1.807) is 7.11 Å². The zero-order valence-corrected chi connectivity index (χ0v) is 14.5. The highest BCUT2D eigenvalue weighted by Gasteiger charge is 2.20. The molecule has 22 heavy (non-hydrogen) atoms. The minimum atomic E-state index is 0. The van der Waals surface area contributed by atoms with Gasteiger partial charge in [-0.1, -0.05) is 12.5 Å². The Labute approximate surface area is 140 Å². The van der Waals surface area contributed by atoms with Crippen molar-refractivity contribution in [2.24, 2.45) is 5.73 Å². The van der Waals surface area contributed by atoms with Gasteiger partial charge in [0.05, 0.1) is 6.61 Å². The molecule has 0 aromatic carbocycles. The first-order valence-corrected chi connectivity index (χ1v) is 7.83. The predicted octanol–water partition coefficient (Wildman–Crippen LogP) is 1.90. The van der Waals surface area contributed by atoms with E-state index >= 15 is 0 Å². The van der Waals surface area contributed by atoms with Crippen LogP contribution in [0.1, 0.15) is 24.8 Å². The van der Waals surface area contributed by atoms with Gasteiger partial charge in [-0.15, -0.1) is 12.4 Å². The fraction of sp³-hybridized carbons (Fsp3) is 0.688. The van der Waals surface area contributed by atoms with Crippen LogP contribution in [0.3, 0.4) is 0 Å². The average molecular weight is 329 g/mol. The van der Waals surface area contributed by atoms with E-state index in [0.717, 1.165) is 32.0 Å². The van der Waals surface area contributed by atoms with Gasteiger partial charge in [-0.25, -0.2) is 4.98 Å². The van der Waals surface area contributed by atoms with Gasteiger partial charge in [-0.3, -0.25) is 4.90 Å². The molecule has 0 bridgehead atoms. The summed E-state index contributed by atoms with van der Waals surface area (Å²) in [4.78, 5) is 9.16. The van der Waals surface area contributed by atoms with Crippen molar-refractivity contribution in [1.29, 1.82) is 0 Å². The number of anilines is 1. The number of nitrogens with zero attached hydrogens (tertiary/aromatic N) is 3. The van der Waals surface area contributed by atoms with Gasteiger partial charge in [0.2, 0.25) is 0 Å². The number of hydrogen-bond donors (Lipinski definition) is 1. The number of pyridine rings is 1. The molecule has 6 heteroatoms. The number of hydrogen-bond acceptors (Lipinski definition) is 5. The first-order valence-electron chi connectivity index (χ1n) is 7.83. The maximum absolute atomic E-state index is 5.88. The lowest BCUT2D eigenvalue weighted by Gasteiger charge is -2.35. The lowest BCUT2D eigenvalue weighted by Crippen LogP contribution is -2.43. The summed E-state index contributed by atoms with van der Waals surface area (Å²) >= 11 is 0. The van der Waals surface area contributed by atoms with Crippen LogP contribution < -0.4 is 10.6 Å². The van der Waals surface area contributed by atoms with Crippen LogP contribution in [0.25, 0.3) is 0 Å². The molecule has 126 valence electrons. The van der Waals surface area contributed by atoms with Crippen LogP contribution in [-0.4, -0.2) is 56.3 Å². The number of likely N-dealkylation sites (tertiary alicyclic amines) is 1. The second kappa shape index (κ2) is 10.0. The van der Waals surface area contributed by atoms with Gasteiger partial charge in [0, 0.05) is 46.0 Å². The van der Waals surface area contributed by atoms with Crippen molar-refractivity contribution in [1.82, 2.24) is 9.88 Å². The minimum Gasteiger partial charge on any atom is -0.383 e. The summed E-state index contributed by atoms with van der Waals surface area (Å²) in [5.74, 6) is 0.991. The first-order chi connectivity index (χ1) is 10.2. The number of methoxy groups -OCH3 is 1. The molecule has 2 rings (SSSR count). The Kier molecular flexibility index (Phi) is 8.71. The fourth-order valence-corrected chi connectivity index (χ4v) is 2.85. The van der Waals surface area contributed by atoms with E-state index in [-0.39, 0.29) is 12.4 Å². The first kappa shape index (κ1) is 19.2. The van der Waals surface area contributed by atoms with E-state index in [0.29, 0.717) is 12.6 Å². The van der Waals surface area contributed by atoms with Crippen LogP contribution in [0, 0.1) is 0 Å². The third-order valence-corrected chi connectivity index (χ3v) is 4.24.